The molecule has 0 atom stereocenters. The number of unbranched alkanes of at least 4 members (excludes halogenated alkanes) is 2. The molecule has 0 aliphatic heterocycles. The maximum Gasteiger partial charge on any atom is 0.243 e. The summed E-state index contributed by atoms with van der Waals surface area (Å²) in [5.41, 5.74) is 2.70. The summed E-state index contributed by atoms with van der Waals surface area (Å²) in [6, 6.07) is 9.80. The van der Waals surface area contributed by atoms with Crippen molar-refractivity contribution in [3.63, 3.8) is 0 Å². The van der Waals surface area contributed by atoms with Crippen LogP contribution in [0.4, 0.5) is 0 Å². The van der Waals surface area contributed by atoms with Crippen molar-refractivity contribution in [2.45, 2.75) is 32.2 Å². The first-order valence-corrected chi connectivity index (χ1v) is 7.54. The molecule has 6 heteroatoms. The first-order chi connectivity index (χ1) is 10.6. The van der Waals surface area contributed by atoms with Crippen LogP contribution in [0, 0.1) is 0 Å². The summed E-state index contributed by atoms with van der Waals surface area (Å²) in [6.45, 7) is 1.72. The maximum atomic E-state index is 11.8. The largest absolute Gasteiger partial charge is 0.351 e. The maximum absolute atomic E-state index is 11.8. The van der Waals surface area contributed by atoms with E-state index in [1.165, 1.54) is 0 Å². The van der Waals surface area contributed by atoms with Gasteiger partial charge in [-0.15, -0.1) is 0 Å². The number of nitrogens with one attached hydrogen (secondary N) is 2. The molecule has 0 saturated carbocycles. The second-order valence-corrected chi connectivity index (χ2v) is 5.35. The lowest BCUT2D eigenvalue weighted by molar-refractivity contribution is -0.129. The lowest BCUT2D eigenvalue weighted by Crippen LogP contribution is -2.35. The molecule has 2 amide bonds. The fraction of sp³-hybridized carbons (Fsp3) is 0.500. The third kappa shape index (κ3) is 8.39. The predicted molar refractivity (Wildman–Crippen MR) is 84.2 cm³/mol. The molecular formula is C16H25N3O3. The van der Waals surface area contributed by atoms with Gasteiger partial charge in [-0.05, 0) is 32.0 Å². The van der Waals surface area contributed by atoms with E-state index in [9.17, 15) is 9.59 Å². The highest BCUT2D eigenvalue weighted by atomic mass is 16.5. The Labute approximate surface area is 131 Å². The third-order valence-electron chi connectivity index (χ3n) is 3.31. The smallest absolute Gasteiger partial charge is 0.243 e. The van der Waals surface area contributed by atoms with Crippen LogP contribution in [0.3, 0.4) is 0 Å². The Morgan fingerprint density at radius 2 is 1.82 bits per heavy atom. The molecule has 0 aliphatic carbocycles. The number of amides is 2. The van der Waals surface area contributed by atoms with Crippen molar-refractivity contribution in [3.8, 4) is 0 Å². The number of hydrogen-bond donors (Lipinski definition) is 3. The highest BCUT2D eigenvalue weighted by Gasteiger charge is 2.06. The first kappa shape index (κ1) is 18.1. The van der Waals surface area contributed by atoms with Crippen LogP contribution >= 0.6 is 0 Å². The molecule has 3 N–H and O–H groups in total. The SMILES string of the molecule is CN(CCCCCC(=O)NO)CC(=O)NCc1ccccc1. The molecule has 0 radical (unpaired) electrons. The Hall–Kier alpha value is -1.92. The van der Waals surface area contributed by atoms with Crippen LogP contribution in [0.25, 0.3) is 0 Å². The molecule has 6 nitrogen and oxygen atoms in total. The van der Waals surface area contributed by atoms with Gasteiger partial charge in [-0.2, -0.15) is 0 Å². The molecule has 1 rings (SSSR count). The third-order valence-corrected chi connectivity index (χ3v) is 3.31. The summed E-state index contributed by atoms with van der Waals surface area (Å²) in [5, 5.41) is 11.3. The van der Waals surface area contributed by atoms with Crippen LogP contribution in [0.1, 0.15) is 31.2 Å². The number of carbonyl (C=O) groups is 2. The van der Waals surface area contributed by atoms with Crippen molar-refractivity contribution >= 4 is 11.8 Å². The van der Waals surface area contributed by atoms with E-state index in [2.05, 4.69) is 5.32 Å². The van der Waals surface area contributed by atoms with E-state index in [-0.39, 0.29) is 11.8 Å². The zero-order valence-electron chi connectivity index (χ0n) is 13.0. The molecule has 0 aliphatic rings. The van der Waals surface area contributed by atoms with Gasteiger partial charge in [0.05, 0.1) is 6.54 Å². The zero-order chi connectivity index (χ0) is 16.2. The average Bonchev–Trinajstić information content (AvgIpc) is 2.53. The van der Waals surface area contributed by atoms with E-state index in [1.807, 2.05) is 42.3 Å². The number of hydrogen-bond acceptors (Lipinski definition) is 4. The zero-order valence-corrected chi connectivity index (χ0v) is 13.0. The highest BCUT2D eigenvalue weighted by Crippen LogP contribution is 2.01. The Balaban J connectivity index is 2.07. The van der Waals surface area contributed by atoms with Crippen LogP contribution in [-0.2, 0) is 16.1 Å². The van der Waals surface area contributed by atoms with Gasteiger partial charge >= 0.3 is 0 Å². The summed E-state index contributed by atoms with van der Waals surface area (Å²) in [7, 11) is 1.91. The number of benzene rings is 1. The van der Waals surface area contributed by atoms with Gasteiger partial charge in [-0.3, -0.25) is 19.7 Å². The minimum absolute atomic E-state index is 0.00557. The monoisotopic (exact) mass is 307 g/mol. The second kappa shape index (κ2) is 10.8. The molecule has 0 unspecified atom stereocenters. The topological polar surface area (TPSA) is 81.7 Å². The van der Waals surface area contributed by atoms with Crippen LogP contribution in [0.5, 0.6) is 0 Å². The number of rotatable bonds is 10. The van der Waals surface area contributed by atoms with E-state index >= 15 is 0 Å². The summed E-state index contributed by atoms with van der Waals surface area (Å²) < 4.78 is 0. The van der Waals surface area contributed by atoms with Gasteiger partial charge in [0.1, 0.15) is 0 Å². The summed E-state index contributed by atoms with van der Waals surface area (Å²) in [5.74, 6) is -0.348. The van der Waals surface area contributed by atoms with Crippen molar-refractivity contribution in [1.29, 1.82) is 0 Å². The van der Waals surface area contributed by atoms with Crippen molar-refractivity contribution < 1.29 is 14.8 Å². The minimum Gasteiger partial charge on any atom is -0.351 e. The molecule has 0 heterocycles. The van der Waals surface area contributed by atoms with Crippen molar-refractivity contribution in [1.82, 2.24) is 15.7 Å². The quantitative estimate of drug-likeness (QED) is 0.346. The van der Waals surface area contributed by atoms with Crippen LogP contribution in [-0.4, -0.2) is 42.1 Å². The molecule has 0 spiro atoms. The fourth-order valence-electron chi connectivity index (χ4n) is 2.08. The molecule has 0 bridgehead atoms. The van der Waals surface area contributed by atoms with E-state index in [1.54, 1.807) is 5.48 Å². The Bertz CT molecular complexity index is 451. The highest BCUT2D eigenvalue weighted by molar-refractivity contribution is 5.77. The van der Waals surface area contributed by atoms with E-state index in [4.69, 9.17) is 5.21 Å². The first-order valence-electron chi connectivity index (χ1n) is 7.54. The number of nitrogens with zero attached hydrogens (tertiary/aromatic N) is 1. The molecule has 1 aromatic rings. The van der Waals surface area contributed by atoms with Gasteiger partial charge in [-0.1, -0.05) is 36.8 Å². The second-order valence-electron chi connectivity index (χ2n) is 5.35. The van der Waals surface area contributed by atoms with Crippen molar-refractivity contribution in [3.05, 3.63) is 35.9 Å². The van der Waals surface area contributed by atoms with Crippen LogP contribution in [0.15, 0.2) is 30.3 Å². The molecular weight excluding hydrogens is 282 g/mol. The van der Waals surface area contributed by atoms with Crippen LogP contribution in [0.2, 0.25) is 0 Å². The van der Waals surface area contributed by atoms with Gasteiger partial charge in [0, 0.05) is 13.0 Å². The Kier molecular flexibility index (Phi) is 8.86. The Morgan fingerprint density at radius 1 is 1.09 bits per heavy atom. The van der Waals surface area contributed by atoms with E-state index in [0.717, 1.165) is 31.4 Å². The molecule has 1 aromatic carbocycles. The molecule has 0 fully saturated rings. The lowest BCUT2D eigenvalue weighted by atomic mass is 10.2. The van der Waals surface area contributed by atoms with Crippen molar-refractivity contribution in [2.24, 2.45) is 0 Å². The summed E-state index contributed by atoms with van der Waals surface area (Å²) in [6.07, 6.45) is 2.88. The van der Waals surface area contributed by atoms with Gasteiger partial charge < -0.3 is 5.32 Å². The summed E-state index contributed by atoms with van der Waals surface area (Å²) in [4.78, 5) is 24.6. The molecule has 22 heavy (non-hydrogen) atoms. The number of hydroxylamine groups is 1. The lowest BCUT2D eigenvalue weighted by Gasteiger charge is -2.16. The average molecular weight is 307 g/mol. The fourth-order valence-corrected chi connectivity index (χ4v) is 2.08. The van der Waals surface area contributed by atoms with Gasteiger partial charge in [0.2, 0.25) is 11.8 Å². The minimum atomic E-state index is -0.353. The normalized spacial score (nSPS) is 10.5. The predicted octanol–water partition coefficient (Wildman–Crippen LogP) is 1.30. The van der Waals surface area contributed by atoms with Gasteiger partial charge in [0.15, 0.2) is 0 Å². The molecule has 0 saturated heterocycles. The summed E-state index contributed by atoms with van der Waals surface area (Å²) >= 11 is 0. The van der Waals surface area contributed by atoms with Crippen molar-refractivity contribution in [2.75, 3.05) is 20.1 Å². The molecule has 0 aromatic heterocycles. The molecule has 122 valence electrons. The number of likely N-dealkylation sites (N-methyl/N-ethyl adjacent to an activating group) is 1. The Morgan fingerprint density at radius 3 is 2.50 bits per heavy atom. The van der Waals surface area contributed by atoms with Crippen LogP contribution < -0.4 is 10.8 Å². The standard InChI is InChI=1S/C16H25N3O3/c1-19(11-7-3-6-10-15(20)18-22)13-16(21)17-12-14-8-4-2-5-9-14/h2,4-5,8-9,22H,3,6-7,10-13H2,1H3,(H,17,21)(H,18,20). The number of carbonyl (C=O) groups excluding carboxylic acids is 2. The van der Waals surface area contributed by atoms with Gasteiger partial charge in [0.25, 0.3) is 0 Å². The van der Waals surface area contributed by atoms with E-state index < -0.39 is 0 Å². The van der Waals surface area contributed by atoms with E-state index in [0.29, 0.717) is 19.5 Å². The van der Waals surface area contributed by atoms with Gasteiger partial charge in [-0.25, -0.2) is 5.48 Å².